The van der Waals surface area contributed by atoms with Crippen LogP contribution < -0.4 is 0 Å². The van der Waals surface area contributed by atoms with Crippen LogP contribution in [0.1, 0.15) is 32.6 Å². The van der Waals surface area contributed by atoms with E-state index in [-0.39, 0.29) is 12.8 Å². The number of nitrogens with zero attached hydrogens (tertiary/aromatic N) is 2. The molecule has 1 unspecified atom stereocenters. The molecule has 0 saturated carbocycles. The van der Waals surface area contributed by atoms with Crippen LogP contribution in [0.3, 0.4) is 0 Å². The first-order chi connectivity index (χ1) is 11.3. The molecule has 0 radical (unpaired) electrons. The van der Waals surface area contributed by atoms with Crippen molar-refractivity contribution in [2.45, 2.75) is 32.4 Å². The van der Waals surface area contributed by atoms with Crippen LogP contribution in [0.15, 0.2) is 34.9 Å². The Bertz CT molecular complexity index is 721. The van der Waals surface area contributed by atoms with Crippen LogP contribution in [0.4, 0.5) is 4.79 Å². The first kappa shape index (κ1) is 17.0. The van der Waals surface area contributed by atoms with Gasteiger partial charge in [0.15, 0.2) is 0 Å². The first-order valence-electron chi connectivity index (χ1n) is 7.72. The second-order valence-corrected chi connectivity index (χ2v) is 7.57. The van der Waals surface area contributed by atoms with E-state index >= 15 is 0 Å². The Morgan fingerprint density at radius 1 is 1.38 bits per heavy atom. The van der Waals surface area contributed by atoms with E-state index in [0.717, 1.165) is 15.7 Å². The molecule has 0 aliphatic carbocycles. The Kier molecular flexibility index (Phi) is 4.64. The van der Waals surface area contributed by atoms with Crippen molar-refractivity contribution in [2.75, 3.05) is 13.3 Å². The zero-order chi connectivity index (χ0) is 17.3. The lowest BCUT2D eigenvalue weighted by molar-refractivity contribution is 0.0153. The van der Waals surface area contributed by atoms with Crippen molar-refractivity contribution in [1.29, 1.82) is 0 Å². The number of benzene rings is 1. The Labute approximate surface area is 149 Å². The van der Waals surface area contributed by atoms with E-state index < -0.39 is 11.7 Å². The zero-order valence-corrected chi connectivity index (χ0v) is 15.5. The second-order valence-electron chi connectivity index (χ2n) is 6.65. The lowest BCUT2D eigenvalue weighted by Gasteiger charge is -2.26. The van der Waals surface area contributed by atoms with Crippen molar-refractivity contribution < 1.29 is 14.3 Å². The molecule has 2 aromatic rings. The van der Waals surface area contributed by atoms with Crippen LogP contribution in [-0.2, 0) is 9.47 Å². The lowest BCUT2D eigenvalue weighted by atomic mass is 10.2. The Morgan fingerprint density at radius 3 is 2.75 bits per heavy atom. The summed E-state index contributed by atoms with van der Waals surface area (Å²) in [5, 5.41) is 0. The molecule has 1 aliphatic rings. The minimum atomic E-state index is -0.546. The number of nitrogens with one attached hydrogen (secondary N) is 1. The molecule has 1 aromatic heterocycles. The summed E-state index contributed by atoms with van der Waals surface area (Å²) in [6.07, 6.45) is 1.37. The molecule has 3 rings (SSSR count). The highest BCUT2D eigenvalue weighted by molar-refractivity contribution is 9.10. The van der Waals surface area contributed by atoms with Crippen molar-refractivity contribution in [1.82, 2.24) is 14.9 Å². The number of carbonyl (C=O) groups excluding carboxylic acids is 1. The summed E-state index contributed by atoms with van der Waals surface area (Å²) >= 11 is 3.42. The Morgan fingerprint density at radius 2 is 2.08 bits per heavy atom. The number of ether oxygens (including phenoxy) is 2. The van der Waals surface area contributed by atoms with Gasteiger partial charge in [-0.3, -0.25) is 4.90 Å². The zero-order valence-electron chi connectivity index (χ0n) is 13.9. The van der Waals surface area contributed by atoms with Crippen molar-refractivity contribution in [3.8, 4) is 11.3 Å². The molecular weight excluding hydrogens is 374 g/mol. The summed E-state index contributed by atoms with van der Waals surface area (Å²) in [5.74, 6) is 0.691. The van der Waals surface area contributed by atoms with Crippen molar-refractivity contribution in [3.63, 3.8) is 0 Å². The number of hydrogen-bond donors (Lipinski definition) is 1. The Hall–Kier alpha value is -1.86. The maximum Gasteiger partial charge on any atom is 0.412 e. The van der Waals surface area contributed by atoms with Crippen LogP contribution in [0, 0.1) is 0 Å². The van der Waals surface area contributed by atoms with Gasteiger partial charge in [0, 0.05) is 4.47 Å². The quantitative estimate of drug-likeness (QED) is 0.833. The largest absolute Gasteiger partial charge is 0.444 e. The highest BCUT2D eigenvalue weighted by Crippen LogP contribution is 2.28. The molecule has 128 valence electrons. The monoisotopic (exact) mass is 393 g/mol. The normalized spacial score (nSPS) is 18.0. The lowest BCUT2D eigenvalue weighted by Crippen LogP contribution is -2.37. The van der Waals surface area contributed by atoms with Gasteiger partial charge in [0.25, 0.3) is 0 Å². The number of hydrogen-bond acceptors (Lipinski definition) is 4. The fraction of sp³-hybridized carbons (Fsp3) is 0.412. The second kappa shape index (κ2) is 6.57. The number of H-pyrrole nitrogens is 1. The predicted octanol–water partition coefficient (Wildman–Crippen LogP) is 4.11. The topological polar surface area (TPSA) is 67.4 Å². The number of rotatable bonds is 2. The van der Waals surface area contributed by atoms with Crippen molar-refractivity contribution >= 4 is 22.0 Å². The number of carbonyl (C=O) groups is 1. The van der Waals surface area contributed by atoms with E-state index in [4.69, 9.17) is 9.47 Å². The van der Waals surface area contributed by atoms with Gasteiger partial charge in [0.1, 0.15) is 24.2 Å². The molecule has 1 aromatic carbocycles. The van der Waals surface area contributed by atoms with E-state index in [1.54, 1.807) is 11.1 Å². The predicted molar refractivity (Wildman–Crippen MR) is 93.4 cm³/mol. The van der Waals surface area contributed by atoms with E-state index in [1.807, 2.05) is 45.0 Å². The maximum absolute atomic E-state index is 12.3. The highest BCUT2D eigenvalue weighted by atomic mass is 79.9. The molecule has 1 N–H and O–H groups in total. The molecule has 7 heteroatoms. The molecule has 1 atom stereocenters. The third-order valence-electron chi connectivity index (χ3n) is 3.58. The minimum absolute atomic E-state index is 0.202. The summed E-state index contributed by atoms with van der Waals surface area (Å²) in [5.41, 5.74) is 1.38. The molecular formula is C17H20BrN3O3. The molecule has 2 heterocycles. The molecule has 6 nitrogen and oxygen atoms in total. The molecule has 0 spiro atoms. The average molecular weight is 394 g/mol. The smallest absolute Gasteiger partial charge is 0.412 e. The first-order valence-corrected chi connectivity index (χ1v) is 8.51. The van der Waals surface area contributed by atoms with Gasteiger partial charge in [-0.25, -0.2) is 9.78 Å². The number of halogens is 1. The van der Waals surface area contributed by atoms with E-state index in [0.29, 0.717) is 12.4 Å². The molecule has 0 bridgehead atoms. The molecule has 1 amide bonds. The van der Waals surface area contributed by atoms with Crippen LogP contribution in [0.2, 0.25) is 0 Å². The van der Waals surface area contributed by atoms with E-state index in [9.17, 15) is 4.79 Å². The maximum atomic E-state index is 12.3. The van der Waals surface area contributed by atoms with Gasteiger partial charge < -0.3 is 14.5 Å². The summed E-state index contributed by atoms with van der Waals surface area (Å²) in [4.78, 5) is 21.6. The fourth-order valence-corrected chi connectivity index (χ4v) is 2.72. The summed E-state index contributed by atoms with van der Waals surface area (Å²) < 4.78 is 11.9. The standard InChI is InChI=1S/C17H20BrN3O3/c1-17(2,3)24-16(22)21-10-23-9-14(21)15-19-8-13(20-15)11-4-6-12(18)7-5-11/h4-8,14H,9-10H2,1-3H3,(H,19,20). The molecule has 1 aliphatic heterocycles. The Balaban J connectivity index is 1.78. The highest BCUT2D eigenvalue weighted by Gasteiger charge is 2.35. The van der Waals surface area contributed by atoms with Crippen LogP contribution >= 0.6 is 15.9 Å². The van der Waals surface area contributed by atoms with Crippen molar-refractivity contribution in [3.05, 3.63) is 40.8 Å². The van der Waals surface area contributed by atoms with Gasteiger partial charge in [-0.15, -0.1) is 0 Å². The van der Waals surface area contributed by atoms with Gasteiger partial charge in [-0.2, -0.15) is 0 Å². The third kappa shape index (κ3) is 3.79. The average Bonchev–Trinajstić information content (AvgIpc) is 3.15. The SMILES string of the molecule is CC(C)(C)OC(=O)N1COCC1c1ncc(-c2ccc(Br)cc2)[nH]1. The summed E-state index contributed by atoms with van der Waals surface area (Å²) in [6.45, 7) is 6.13. The van der Waals surface area contributed by atoms with Crippen molar-refractivity contribution in [2.24, 2.45) is 0 Å². The van der Waals surface area contributed by atoms with E-state index in [1.165, 1.54) is 0 Å². The van der Waals surface area contributed by atoms with Crippen LogP contribution in [0.5, 0.6) is 0 Å². The van der Waals surface area contributed by atoms with Gasteiger partial charge in [-0.05, 0) is 38.5 Å². The van der Waals surface area contributed by atoms with E-state index in [2.05, 4.69) is 25.9 Å². The number of amides is 1. The van der Waals surface area contributed by atoms with Gasteiger partial charge in [0.2, 0.25) is 0 Å². The summed E-state index contributed by atoms with van der Waals surface area (Å²) in [6, 6.07) is 7.67. The molecule has 24 heavy (non-hydrogen) atoms. The molecule has 1 fully saturated rings. The van der Waals surface area contributed by atoms with Gasteiger partial charge in [-0.1, -0.05) is 28.1 Å². The number of imidazole rings is 1. The number of aromatic nitrogens is 2. The van der Waals surface area contributed by atoms with Gasteiger partial charge >= 0.3 is 6.09 Å². The van der Waals surface area contributed by atoms with Gasteiger partial charge in [0.05, 0.1) is 18.5 Å². The fourth-order valence-electron chi connectivity index (χ4n) is 2.45. The van der Waals surface area contributed by atoms with Crippen LogP contribution in [0.25, 0.3) is 11.3 Å². The summed E-state index contributed by atoms with van der Waals surface area (Å²) in [7, 11) is 0. The molecule has 1 saturated heterocycles. The minimum Gasteiger partial charge on any atom is -0.444 e. The number of aromatic amines is 1. The van der Waals surface area contributed by atoms with Crippen LogP contribution in [-0.4, -0.2) is 39.9 Å². The third-order valence-corrected chi connectivity index (χ3v) is 4.11.